The van der Waals surface area contributed by atoms with Gasteiger partial charge in [0.2, 0.25) is 0 Å². The molecule has 0 unspecified atom stereocenters. The molecule has 0 spiro atoms. The van der Waals surface area contributed by atoms with Crippen molar-refractivity contribution in [1.29, 1.82) is 0 Å². The van der Waals surface area contributed by atoms with Gasteiger partial charge in [0, 0.05) is 17.4 Å². The van der Waals surface area contributed by atoms with Gasteiger partial charge >= 0.3 is 0 Å². The molecule has 86 valence electrons. The Morgan fingerprint density at radius 3 is 2.65 bits per heavy atom. The summed E-state index contributed by atoms with van der Waals surface area (Å²) in [6.07, 6.45) is 3.85. The Kier molecular flexibility index (Phi) is 2.63. The van der Waals surface area contributed by atoms with E-state index in [4.69, 9.17) is 16.7 Å². The van der Waals surface area contributed by atoms with E-state index in [-0.39, 0.29) is 6.61 Å². The Labute approximate surface area is 107 Å². The van der Waals surface area contributed by atoms with Crippen LogP contribution in [0.4, 0.5) is 0 Å². The van der Waals surface area contributed by atoms with Crippen LogP contribution in [0.5, 0.6) is 0 Å². The Morgan fingerprint density at radius 2 is 2.00 bits per heavy atom. The first-order chi connectivity index (χ1) is 8.26. The number of benzene rings is 1. The smallest absolute Gasteiger partial charge is 0.194 e. The lowest BCUT2D eigenvalue weighted by Crippen LogP contribution is -1.80. The number of hydrogen-bond acceptors (Lipinski definition) is 3. The molecule has 3 rings (SSSR count). The third-order valence-corrected chi connectivity index (χ3v) is 3.79. The Hall–Kier alpha value is -1.36. The molecule has 0 bridgehead atoms. The molecule has 17 heavy (non-hydrogen) atoms. The average Bonchev–Trinajstić information content (AvgIpc) is 2.87. The Bertz CT molecular complexity index is 625. The lowest BCUT2D eigenvalue weighted by molar-refractivity contribution is 0.277. The van der Waals surface area contributed by atoms with Gasteiger partial charge in [0.1, 0.15) is 0 Å². The van der Waals surface area contributed by atoms with Crippen molar-refractivity contribution in [3.05, 3.63) is 47.4 Å². The molecular weight excluding hydrogens is 256 g/mol. The summed E-state index contributed by atoms with van der Waals surface area (Å²) in [5.41, 5.74) is 1.81. The molecule has 0 fully saturated rings. The number of aliphatic hydroxyl groups is 1. The molecule has 0 amide bonds. The number of fused-ring (bicyclic) bond motifs is 1. The molecular formula is C12H9ClN2OS. The lowest BCUT2D eigenvalue weighted by atomic mass is 10.2. The molecule has 3 nitrogen and oxygen atoms in total. The van der Waals surface area contributed by atoms with E-state index in [2.05, 4.69) is 4.98 Å². The highest BCUT2D eigenvalue weighted by atomic mass is 35.5. The number of hydrogen-bond donors (Lipinski definition) is 1. The third-order valence-electron chi connectivity index (χ3n) is 2.50. The van der Waals surface area contributed by atoms with E-state index in [9.17, 15) is 0 Å². The molecule has 2 aromatic heterocycles. The third kappa shape index (κ3) is 1.95. The number of aliphatic hydroxyl groups excluding tert-OH is 1. The first-order valence-corrected chi connectivity index (χ1v) is 6.30. The number of rotatable bonds is 2. The minimum atomic E-state index is -0.0231. The quantitative estimate of drug-likeness (QED) is 0.772. The molecule has 0 radical (unpaired) electrons. The van der Waals surface area contributed by atoms with Crippen LogP contribution in [0.25, 0.3) is 15.4 Å². The molecule has 2 heterocycles. The SMILES string of the molecule is OCc1cn2cc(-c3ccc(Cl)cc3)sc2n1. The molecule has 0 saturated carbocycles. The van der Waals surface area contributed by atoms with Gasteiger partial charge in [-0.3, -0.25) is 4.40 Å². The zero-order chi connectivity index (χ0) is 11.8. The summed E-state index contributed by atoms with van der Waals surface area (Å²) in [4.78, 5) is 6.32. The second-order valence-corrected chi connectivity index (χ2v) is 5.13. The Morgan fingerprint density at radius 1 is 1.24 bits per heavy atom. The Balaban J connectivity index is 2.06. The van der Waals surface area contributed by atoms with Crippen molar-refractivity contribution in [2.75, 3.05) is 0 Å². The molecule has 1 aromatic carbocycles. The first-order valence-electron chi connectivity index (χ1n) is 5.10. The van der Waals surface area contributed by atoms with Gasteiger partial charge in [-0.2, -0.15) is 0 Å². The van der Waals surface area contributed by atoms with Crippen molar-refractivity contribution in [3.8, 4) is 10.4 Å². The van der Waals surface area contributed by atoms with Crippen LogP contribution in [0.1, 0.15) is 5.69 Å². The second-order valence-electron chi connectivity index (χ2n) is 3.68. The van der Waals surface area contributed by atoms with E-state index < -0.39 is 0 Å². The summed E-state index contributed by atoms with van der Waals surface area (Å²) in [5.74, 6) is 0. The van der Waals surface area contributed by atoms with Gasteiger partial charge in [0.25, 0.3) is 0 Å². The van der Waals surface area contributed by atoms with Crippen molar-refractivity contribution < 1.29 is 5.11 Å². The predicted octanol–water partition coefficient (Wildman–Crippen LogP) is 3.21. The molecule has 0 aliphatic rings. The minimum Gasteiger partial charge on any atom is -0.390 e. The van der Waals surface area contributed by atoms with Crippen LogP contribution >= 0.6 is 22.9 Å². The summed E-state index contributed by atoms with van der Waals surface area (Å²) in [6.45, 7) is -0.0231. The zero-order valence-corrected chi connectivity index (χ0v) is 10.4. The highest BCUT2D eigenvalue weighted by Crippen LogP contribution is 2.29. The number of thiazole rings is 1. The van der Waals surface area contributed by atoms with E-state index in [1.165, 1.54) is 0 Å². The van der Waals surface area contributed by atoms with Crippen LogP contribution in [0.2, 0.25) is 5.02 Å². The monoisotopic (exact) mass is 264 g/mol. The maximum atomic E-state index is 8.99. The fourth-order valence-corrected chi connectivity index (χ4v) is 2.78. The molecule has 1 N–H and O–H groups in total. The number of aromatic nitrogens is 2. The summed E-state index contributed by atoms with van der Waals surface area (Å²) < 4.78 is 1.93. The topological polar surface area (TPSA) is 37.5 Å². The highest BCUT2D eigenvalue weighted by molar-refractivity contribution is 7.20. The first kappa shape index (κ1) is 10.8. The molecule has 0 aliphatic carbocycles. The number of nitrogens with zero attached hydrogens (tertiary/aromatic N) is 2. The van der Waals surface area contributed by atoms with Crippen molar-refractivity contribution in [1.82, 2.24) is 9.38 Å². The summed E-state index contributed by atoms with van der Waals surface area (Å²) >= 11 is 7.44. The average molecular weight is 265 g/mol. The van der Waals surface area contributed by atoms with Gasteiger partial charge in [-0.05, 0) is 17.7 Å². The molecule has 0 saturated heterocycles. The normalized spacial score (nSPS) is 11.2. The van der Waals surface area contributed by atoms with Crippen LogP contribution < -0.4 is 0 Å². The molecule has 0 atom stereocenters. The van der Waals surface area contributed by atoms with Crippen LogP contribution in [0, 0.1) is 0 Å². The summed E-state index contributed by atoms with van der Waals surface area (Å²) in [6, 6.07) is 7.72. The second kappa shape index (κ2) is 4.14. The fourth-order valence-electron chi connectivity index (χ4n) is 1.67. The van der Waals surface area contributed by atoms with Gasteiger partial charge in [0.15, 0.2) is 4.96 Å². The van der Waals surface area contributed by atoms with Gasteiger partial charge in [-0.25, -0.2) is 4.98 Å². The molecule has 0 aliphatic heterocycles. The maximum Gasteiger partial charge on any atom is 0.194 e. The summed E-state index contributed by atoms with van der Waals surface area (Å²) in [7, 11) is 0. The highest BCUT2D eigenvalue weighted by Gasteiger charge is 2.07. The van der Waals surface area contributed by atoms with E-state index >= 15 is 0 Å². The van der Waals surface area contributed by atoms with Crippen LogP contribution in [0.3, 0.4) is 0 Å². The standard InChI is InChI=1S/C12H9ClN2OS/c13-9-3-1-8(2-4-9)11-6-15-5-10(7-16)14-12(15)17-11/h1-6,16H,7H2. The van der Waals surface area contributed by atoms with Crippen molar-refractivity contribution in [2.24, 2.45) is 0 Å². The number of halogens is 1. The number of imidazole rings is 1. The van der Waals surface area contributed by atoms with E-state index in [0.717, 1.165) is 20.4 Å². The van der Waals surface area contributed by atoms with Gasteiger partial charge < -0.3 is 5.11 Å². The predicted molar refractivity (Wildman–Crippen MR) is 69.4 cm³/mol. The van der Waals surface area contributed by atoms with Gasteiger partial charge in [0.05, 0.1) is 17.2 Å². The van der Waals surface area contributed by atoms with Crippen LogP contribution in [0.15, 0.2) is 36.7 Å². The van der Waals surface area contributed by atoms with Crippen LogP contribution in [-0.4, -0.2) is 14.5 Å². The van der Waals surface area contributed by atoms with Crippen molar-refractivity contribution in [2.45, 2.75) is 6.61 Å². The van der Waals surface area contributed by atoms with Crippen molar-refractivity contribution in [3.63, 3.8) is 0 Å². The molecule has 3 aromatic rings. The fraction of sp³-hybridized carbons (Fsp3) is 0.0833. The van der Waals surface area contributed by atoms with E-state index in [1.54, 1.807) is 11.3 Å². The van der Waals surface area contributed by atoms with Crippen molar-refractivity contribution >= 4 is 27.9 Å². The zero-order valence-electron chi connectivity index (χ0n) is 8.80. The lowest BCUT2D eigenvalue weighted by Gasteiger charge is -1.95. The van der Waals surface area contributed by atoms with E-state index in [1.807, 2.05) is 41.1 Å². The van der Waals surface area contributed by atoms with E-state index in [0.29, 0.717) is 5.69 Å². The maximum absolute atomic E-state index is 8.99. The largest absolute Gasteiger partial charge is 0.390 e. The van der Waals surface area contributed by atoms with Crippen LogP contribution in [-0.2, 0) is 6.61 Å². The molecule has 5 heteroatoms. The van der Waals surface area contributed by atoms with Gasteiger partial charge in [-0.15, -0.1) is 0 Å². The summed E-state index contributed by atoms with van der Waals surface area (Å²) in [5, 5.41) is 9.72. The minimum absolute atomic E-state index is 0.0231. The van der Waals surface area contributed by atoms with Gasteiger partial charge in [-0.1, -0.05) is 35.1 Å².